The number of ether oxygens (including phenoxy) is 1. The van der Waals surface area contributed by atoms with Crippen molar-refractivity contribution in [3.63, 3.8) is 0 Å². The predicted molar refractivity (Wildman–Crippen MR) is 60.5 cm³/mol. The number of nitrogens with zero attached hydrogens (tertiary/aromatic N) is 1. The summed E-state index contributed by atoms with van der Waals surface area (Å²) in [6.45, 7) is 2.04. The Morgan fingerprint density at radius 1 is 1.47 bits per heavy atom. The fraction of sp³-hybridized carbons (Fsp3) is 0.167. The molecule has 5 heteroatoms. The number of para-hydroxylation sites is 1. The van der Waals surface area contributed by atoms with Crippen molar-refractivity contribution in [2.45, 2.75) is 13.5 Å². The monoisotopic (exact) mass is 232 g/mol. The summed E-state index contributed by atoms with van der Waals surface area (Å²) in [5.41, 5.74) is 6.37. The Hall–Kier alpha value is -2.30. The molecule has 1 amide bonds. The summed E-state index contributed by atoms with van der Waals surface area (Å²) < 4.78 is 10.5. The molecule has 0 saturated carbocycles. The number of nitrogens with two attached hydrogens (primary N) is 1. The molecule has 17 heavy (non-hydrogen) atoms. The number of benzene rings is 1. The second-order valence-corrected chi connectivity index (χ2v) is 3.58. The molecule has 5 nitrogen and oxygen atoms in total. The molecular formula is C12H12N2O3. The van der Waals surface area contributed by atoms with Gasteiger partial charge in [-0.25, -0.2) is 0 Å². The second kappa shape index (κ2) is 4.69. The number of hydrogen-bond acceptors (Lipinski definition) is 4. The van der Waals surface area contributed by atoms with E-state index < -0.39 is 5.91 Å². The maximum atomic E-state index is 11.1. The Morgan fingerprint density at radius 2 is 2.24 bits per heavy atom. The van der Waals surface area contributed by atoms with E-state index in [4.69, 9.17) is 15.0 Å². The smallest absolute Gasteiger partial charge is 0.252 e. The van der Waals surface area contributed by atoms with E-state index in [-0.39, 0.29) is 6.61 Å². The van der Waals surface area contributed by atoms with Gasteiger partial charge in [-0.2, -0.15) is 0 Å². The van der Waals surface area contributed by atoms with Gasteiger partial charge < -0.3 is 15.0 Å². The molecule has 0 aliphatic heterocycles. The lowest BCUT2D eigenvalue weighted by Crippen LogP contribution is -2.12. The van der Waals surface area contributed by atoms with Crippen LogP contribution in [0.4, 0.5) is 0 Å². The van der Waals surface area contributed by atoms with Crippen molar-refractivity contribution >= 4 is 5.91 Å². The van der Waals surface area contributed by atoms with Crippen LogP contribution >= 0.6 is 0 Å². The molecular weight excluding hydrogens is 220 g/mol. The largest absolute Gasteiger partial charge is 0.485 e. The molecule has 2 aromatic rings. The Labute approximate surface area is 98.2 Å². The van der Waals surface area contributed by atoms with E-state index in [1.54, 1.807) is 30.3 Å². The molecule has 0 bridgehead atoms. The first-order valence-electron chi connectivity index (χ1n) is 5.10. The van der Waals surface area contributed by atoms with Gasteiger partial charge in [-0.1, -0.05) is 17.3 Å². The Morgan fingerprint density at radius 3 is 2.88 bits per heavy atom. The first-order valence-corrected chi connectivity index (χ1v) is 5.10. The van der Waals surface area contributed by atoms with Gasteiger partial charge in [-0.3, -0.25) is 4.79 Å². The van der Waals surface area contributed by atoms with E-state index in [1.165, 1.54) is 0 Å². The van der Waals surface area contributed by atoms with Crippen LogP contribution < -0.4 is 10.5 Å². The normalized spacial score (nSPS) is 10.2. The standard InChI is InChI=1S/C12H12N2O3/c1-8-6-9(17-14-8)7-16-11-5-3-2-4-10(11)12(13)15/h2-6H,7H2,1H3,(H2,13,15). The van der Waals surface area contributed by atoms with Gasteiger partial charge in [0.25, 0.3) is 5.91 Å². The molecule has 1 aromatic heterocycles. The van der Waals surface area contributed by atoms with Crippen LogP contribution in [0.5, 0.6) is 5.75 Å². The summed E-state index contributed by atoms with van der Waals surface area (Å²) in [6.07, 6.45) is 0. The van der Waals surface area contributed by atoms with Gasteiger partial charge >= 0.3 is 0 Å². The number of carbonyl (C=O) groups is 1. The summed E-state index contributed by atoms with van der Waals surface area (Å²) >= 11 is 0. The SMILES string of the molecule is Cc1cc(COc2ccccc2C(N)=O)on1. The lowest BCUT2D eigenvalue weighted by Gasteiger charge is -2.07. The van der Waals surface area contributed by atoms with Crippen LogP contribution in [0.1, 0.15) is 21.8 Å². The third-order valence-electron chi connectivity index (χ3n) is 2.20. The molecule has 0 atom stereocenters. The first kappa shape index (κ1) is 11.2. The maximum Gasteiger partial charge on any atom is 0.252 e. The van der Waals surface area contributed by atoms with Crippen molar-refractivity contribution in [3.8, 4) is 5.75 Å². The fourth-order valence-electron chi connectivity index (χ4n) is 1.43. The molecule has 0 aliphatic carbocycles. The van der Waals surface area contributed by atoms with Gasteiger partial charge in [0, 0.05) is 6.07 Å². The quantitative estimate of drug-likeness (QED) is 0.869. The Balaban J connectivity index is 2.11. The van der Waals surface area contributed by atoms with Crippen molar-refractivity contribution in [1.29, 1.82) is 0 Å². The molecule has 88 valence electrons. The average Bonchev–Trinajstić information content (AvgIpc) is 2.73. The molecule has 2 N–H and O–H groups in total. The van der Waals surface area contributed by atoms with Gasteiger partial charge in [0.15, 0.2) is 5.76 Å². The molecule has 0 saturated heterocycles. The maximum absolute atomic E-state index is 11.1. The van der Waals surface area contributed by atoms with E-state index >= 15 is 0 Å². The highest BCUT2D eigenvalue weighted by Gasteiger charge is 2.09. The van der Waals surface area contributed by atoms with E-state index in [0.29, 0.717) is 17.1 Å². The first-order chi connectivity index (χ1) is 8.16. The average molecular weight is 232 g/mol. The van der Waals surface area contributed by atoms with E-state index in [0.717, 1.165) is 5.69 Å². The molecule has 2 rings (SSSR count). The number of aromatic nitrogens is 1. The minimum absolute atomic E-state index is 0.213. The van der Waals surface area contributed by atoms with Crippen LogP contribution in [0.15, 0.2) is 34.9 Å². The van der Waals surface area contributed by atoms with Crippen molar-refractivity contribution in [2.24, 2.45) is 5.73 Å². The highest BCUT2D eigenvalue weighted by Crippen LogP contribution is 2.18. The fourth-order valence-corrected chi connectivity index (χ4v) is 1.43. The second-order valence-electron chi connectivity index (χ2n) is 3.58. The van der Waals surface area contributed by atoms with Crippen molar-refractivity contribution in [1.82, 2.24) is 5.16 Å². The van der Waals surface area contributed by atoms with Crippen molar-refractivity contribution < 1.29 is 14.1 Å². The zero-order valence-corrected chi connectivity index (χ0v) is 9.34. The van der Waals surface area contributed by atoms with E-state index in [9.17, 15) is 4.79 Å². The summed E-state index contributed by atoms with van der Waals surface area (Å²) in [6, 6.07) is 8.57. The summed E-state index contributed by atoms with van der Waals surface area (Å²) in [4.78, 5) is 11.1. The van der Waals surface area contributed by atoms with Crippen molar-refractivity contribution in [2.75, 3.05) is 0 Å². The molecule has 0 spiro atoms. The lowest BCUT2D eigenvalue weighted by atomic mass is 10.2. The number of aryl methyl sites for hydroxylation is 1. The minimum atomic E-state index is -0.519. The van der Waals surface area contributed by atoms with E-state index in [1.807, 2.05) is 6.92 Å². The number of hydrogen-bond donors (Lipinski definition) is 1. The Bertz CT molecular complexity index is 534. The van der Waals surface area contributed by atoms with Gasteiger partial charge in [0.05, 0.1) is 11.3 Å². The zero-order valence-electron chi connectivity index (χ0n) is 9.34. The summed E-state index contributed by atoms with van der Waals surface area (Å²) in [5, 5.41) is 3.74. The van der Waals surface area contributed by atoms with Crippen molar-refractivity contribution in [3.05, 3.63) is 47.3 Å². The number of rotatable bonds is 4. The third kappa shape index (κ3) is 2.63. The molecule has 0 fully saturated rings. The van der Waals surface area contributed by atoms with Gasteiger partial charge in [0.2, 0.25) is 0 Å². The highest BCUT2D eigenvalue weighted by atomic mass is 16.5. The van der Waals surface area contributed by atoms with Crippen LogP contribution in [0.25, 0.3) is 0 Å². The molecule has 1 heterocycles. The van der Waals surface area contributed by atoms with Gasteiger partial charge in [-0.05, 0) is 19.1 Å². The number of primary amides is 1. The van der Waals surface area contributed by atoms with Gasteiger partial charge in [0.1, 0.15) is 12.4 Å². The van der Waals surface area contributed by atoms with Crippen LogP contribution in [-0.4, -0.2) is 11.1 Å². The molecule has 1 aromatic carbocycles. The zero-order chi connectivity index (χ0) is 12.3. The summed E-state index contributed by atoms with van der Waals surface area (Å²) in [5.74, 6) is 0.519. The number of carbonyl (C=O) groups excluding carboxylic acids is 1. The predicted octanol–water partition coefficient (Wildman–Crippen LogP) is 1.66. The molecule has 0 aliphatic rings. The van der Waals surface area contributed by atoms with Crippen LogP contribution in [0, 0.1) is 6.92 Å². The highest BCUT2D eigenvalue weighted by molar-refractivity contribution is 5.95. The van der Waals surface area contributed by atoms with E-state index in [2.05, 4.69) is 5.16 Å². The summed E-state index contributed by atoms with van der Waals surface area (Å²) in [7, 11) is 0. The molecule has 0 unspecified atom stereocenters. The van der Waals surface area contributed by atoms with Gasteiger partial charge in [-0.15, -0.1) is 0 Å². The third-order valence-corrected chi connectivity index (χ3v) is 2.20. The Kier molecular flexibility index (Phi) is 3.09. The van der Waals surface area contributed by atoms with Crippen LogP contribution in [0.2, 0.25) is 0 Å². The lowest BCUT2D eigenvalue weighted by molar-refractivity contribution is 0.0995. The number of amides is 1. The van der Waals surface area contributed by atoms with Crippen LogP contribution in [0.3, 0.4) is 0 Å². The van der Waals surface area contributed by atoms with Crippen LogP contribution in [-0.2, 0) is 6.61 Å². The topological polar surface area (TPSA) is 78.4 Å². The molecule has 0 radical (unpaired) electrons. The minimum Gasteiger partial charge on any atom is -0.485 e.